The summed E-state index contributed by atoms with van der Waals surface area (Å²) in [6.07, 6.45) is 2.20. The van der Waals surface area contributed by atoms with Crippen LogP contribution in [0.25, 0.3) is 0 Å². The minimum absolute atomic E-state index is 0.0772. The molecule has 2 aromatic carbocycles. The van der Waals surface area contributed by atoms with E-state index in [0.29, 0.717) is 12.8 Å². The van der Waals surface area contributed by atoms with Gasteiger partial charge in [-0.25, -0.2) is 9.59 Å². The summed E-state index contributed by atoms with van der Waals surface area (Å²) >= 11 is 0. The lowest BCUT2D eigenvalue weighted by Gasteiger charge is -2.10. The number of rotatable bonds is 9. The molecule has 0 radical (unpaired) electrons. The van der Waals surface area contributed by atoms with Gasteiger partial charge in [-0.15, -0.1) is 0 Å². The van der Waals surface area contributed by atoms with Crippen molar-refractivity contribution in [3.63, 3.8) is 0 Å². The van der Waals surface area contributed by atoms with Crippen LogP contribution >= 0.6 is 0 Å². The number of amides is 1. The van der Waals surface area contributed by atoms with Gasteiger partial charge >= 0.3 is 12.1 Å². The van der Waals surface area contributed by atoms with Crippen LogP contribution in [-0.2, 0) is 27.3 Å². The van der Waals surface area contributed by atoms with E-state index in [9.17, 15) is 9.59 Å². The molecule has 2 rings (SSSR count). The predicted molar refractivity (Wildman–Crippen MR) is 106 cm³/mol. The fourth-order valence-corrected chi connectivity index (χ4v) is 2.44. The van der Waals surface area contributed by atoms with Crippen LogP contribution in [0.2, 0.25) is 0 Å². The van der Waals surface area contributed by atoms with Crippen molar-refractivity contribution in [1.82, 2.24) is 5.32 Å². The number of esters is 1. The molecule has 0 saturated carbocycles. The second-order valence-electron chi connectivity index (χ2n) is 5.91. The molecule has 6 nitrogen and oxygen atoms in total. The largest absolute Gasteiger partial charge is 0.497 e. The summed E-state index contributed by atoms with van der Waals surface area (Å²) in [7, 11) is 1.62. The van der Waals surface area contributed by atoms with Gasteiger partial charge in [0.05, 0.1) is 13.7 Å². The Morgan fingerprint density at radius 1 is 0.964 bits per heavy atom. The number of hydrogen-bond donors (Lipinski definition) is 1. The smallest absolute Gasteiger partial charge is 0.412 e. The molecule has 1 N–H and O–H groups in total. The van der Waals surface area contributed by atoms with E-state index in [1.54, 1.807) is 20.1 Å². The van der Waals surface area contributed by atoms with Crippen LogP contribution in [-0.4, -0.2) is 25.8 Å². The molecule has 0 aliphatic rings. The number of nitrogens with one attached hydrogen (secondary N) is 1. The first-order valence-electron chi connectivity index (χ1n) is 9.10. The third-order valence-corrected chi connectivity index (χ3v) is 3.89. The molecule has 0 aliphatic carbocycles. The number of carbonyl (C=O) groups is 2. The molecule has 2 aromatic rings. The Kier molecular flexibility index (Phi) is 8.59. The Morgan fingerprint density at radius 3 is 2.32 bits per heavy atom. The molecular formula is C22H25NO5. The first kappa shape index (κ1) is 21.0. The molecule has 0 aliphatic heterocycles. The molecule has 0 fully saturated rings. The van der Waals surface area contributed by atoms with E-state index in [2.05, 4.69) is 5.32 Å². The molecule has 0 heterocycles. The summed E-state index contributed by atoms with van der Waals surface area (Å²) in [6, 6.07) is 17.0. The number of methoxy groups -OCH3 is 1. The number of benzene rings is 2. The number of ether oxygens (including phenoxy) is 3. The van der Waals surface area contributed by atoms with Gasteiger partial charge in [-0.05, 0) is 43.0 Å². The molecular weight excluding hydrogens is 358 g/mol. The minimum atomic E-state index is -0.701. The normalized spacial score (nSPS) is 10.9. The van der Waals surface area contributed by atoms with E-state index in [0.717, 1.165) is 16.9 Å². The zero-order chi connectivity index (χ0) is 20.2. The lowest BCUT2D eigenvalue weighted by atomic mass is 10.1. The van der Waals surface area contributed by atoms with Crippen LogP contribution in [0, 0.1) is 0 Å². The van der Waals surface area contributed by atoms with Crippen LogP contribution in [0.15, 0.2) is 66.4 Å². The quantitative estimate of drug-likeness (QED) is 0.523. The van der Waals surface area contributed by atoms with Crippen molar-refractivity contribution in [2.45, 2.75) is 26.4 Å². The molecule has 0 bridgehead atoms. The average molecular weight is 383 g/mol. The van der Waals surface area contributed by atoms with Crippen molar-refractivity contribution in [3.05, 3.63) is 77.5 Å². The van der Waals surface area contributed by atoms with Crippen molar-refractivity contribution in [1.29, 1.82) is 0 Å². The molecule has 0 atom stereocenters. The van der Waals surface area contributed by atoms with Crippen molar-refractivity contribution in [3.8, 4) is 5.75 Å². The monoisotopic (exact) mass is 383 g/mol. The molecule has 148 valence electrons. The zero-order valence-electron chi connectivity index (χ0n) is 16.1. The van der Waals surface area contributed by atoms with Gasteiger partial charge in [0.15, 0.2) is 0 Å². The summed E-state index contributed by atoms with van der Waals surface area (Å²) in [4.78, 5) is 24.1. The van der Waals surface area contributed by atoms with E-state index >= 15 is 0 Å². The van der Waals surface area contributed by atoms with E-state index in [1.807, 2.05) is 54.6 Å². The Balaban J connectivity index is 1.92. The molecule has 28 heavy (non-hydrogen) atoms. The molecule has 0 aromatic heterocycles. The average Bonchev–Trinajstić information content (AvgIpc) is 2.73. The second kappa shape index (κ2) is 11.4. The standard InChI is InChI=1S/C22H25NO5/c1-3-27-21(24)20(11-7-10-17-12-14-19(26-2)15-13-17)23-22(25)28-16-18-8-5-4-6-9-18/h4-6,8-9,11-15H,3,7,10,16H2,1-2H3,(H,23,25)/b20-11-. The second-order valence-corrected chi connectivity index (χ2v) is 5.91. The highest BCUT2D eigenvalue weighted by atomic mass is 16.6. The first-order chi connectivity index (χ1) is 13.6. The maximum atomic E-state index is 12.1. The Bertz CT molecular complexity index is 784. The van der Waals surface area contributed by atoms with Crippen molar-refractivity contribution >= 4 is 12.1 Å². The maximum absolute atomic E-state index is 12.1. The van der Waals surface area contributed by atoms with Crippen molar-refractivity contribution in [2.24, 2.45) is 0 Å². The van der Waals surface area contributed by atoms with E-state index < -0.39 is 12.1 Å². The fraction of sp³-hybridized carbons (Fsp3) is 0.273. The van der Waals surface area contributed by atoms with Gasteiger partial charge in [0.2, 0.25) is 0 Å². The lowest BCUT2D eigenvalue weighted by molar-refractivity contribution is -0.138. The number of aryl methyl sites for hydroxylation is 1. The molecule has 1 amide bonds. The summed E-state index contributed by atoms with van der Waals surface area (Å²) in [5.74, 6) is 0.197. The highest BCUT2D eigenvalue weighted by Crippen LogP contribution is 2.13. The van der Waals surface area contributed by atoms with E-state index in [4.69, 9.17) is 14.2 Å². The SMILES string of the molecule is CCOC(=O)/C(=C/CCc1ccc(OC)cc1)NC(=O)OCc1ccccc1. The van der Waals surface area contributed by atoms with Gasteiger partial charge in [0.1, 0.15) is 18.1 Å². The Morgan fingerprint density at radius 2 is 1.68 bits per heavy atom. The van der Waals surface area contributed by atoms with Crippen LogP contribution in [0.4, 0.5) is 4.79 Å². The van der Waals surface area contributed by atoms with Crippen LogP contribution in [0.3, 0.4) is 0 Å². The van der Waals surface area contributed by atoms with Crippen LogP contribution in [0.5, 0.6) is 5.75 Å². The number of carbonyl (C=O) groups excluding carboxylic acids is 2. The third-order valence-electron chi connectivity index (χ3n) is 3.89. The van der Waals surface area contributed by atoms with Gasteiger partial charge in [0, 0.05) is 0 Å². The van der Waals surface area contributed by atoms with Crippen LogP contribution < -0.4 is 10.1 Å². The van der Waals surface area contributed by atoms with Gasteiger partial charge in [-0.2, -0.15) is 0 Å². The minimum Gasteiger partial charge on any atom is -0.497 e. The summed E-state index contributed by atoms with van der Waals surface area (Å²) in [5.41, 5.74) is 2.03. The number of hydrogen-bond acceptors (Lipinski definition) is 5. The third kappa shape index (κ3) is 7.15. The molecule has 0 saturated heterocycles. The van der Waals surface area contributed by atoms with Gasteiger partial charge in [0.25, 0.3) is 0 Å². The predicted octanol–water partition coefficient (Wildman–Crippen LogP) is 4.00. The summed E-state index contributed by atoms with van der Waals surface area (Å²) < 4.78 is 15.3. The van der Waals surface area contributed by atoms with E-state index in [1.165, 1.54) is 0 Å². The Hall–Kier alpha value is -3.28. The lowest BCUT2D eigenvalue weighted by Crippen LogP contribution is -2.29. The van der Waals surface area contributed by atoms with Gasteiger partial charge < -0.3 is 14.2 Å². The zero-order valence-corrected chi connectivity index (χ0v) is 16.1. The number of alkyl carbamates (subject to hydrolysis) is 1. The van der Waals surface area contributed by atoms with Crippen molar-refractivity contribution < 1.29 is 23.8 Å². The summed E-state index contributed by atoms with van der Waals surface area (Å²) in [6.45, 7) is 2.05. The molecule has 6 heteroatoms. The van der Waals surface area contributed by atoms with Gasteiger partial charge in [-0.3, -0.25) is 5.32 Å². The molecule has 0 unspecified atom stereocenters. The highest BCUT2D eigenvalue weighted by molar-refractivity contribution is 5.92. The van der Waals surface area contributed by atoms with Crippen molar-refractivity contribution in [2.75, 3.05) is 13.7 Å². The highest BCUT2D eigenvalue weighted by Gasteiger charge is 2.14. The first-order valence-corrected chi connectivity index (χ1v) is 9.10. The van der Waals surface area contributed by atoms with Crippen LogP contribution in [0.1, 0.15) is 24.5 Å². The summed E-state index contributed by atoms with van der Waals surface area (Å²) in [5, 5.41) is 2.48. The maximum Gasteiger partial charge on any atom is 0.412 e. The van der Waals surface area contributed by atoms with E-state index in [-0.39, 0.29) is 18.9 Å². The Labute approximate surface area is 165 Å². The number of allylic oxidation sites excluding steroid dienone is 1. The van der Waals surface area contributed by atoms with Gasteiger partial charge in [-0.1, -0.05) is 48.5 Å². The molecule has 0 spiro atoms. The fourth-order valence-electron chi connectivity index (χ4n) is 2.44. The topological polar surface area (TPSA) is 73.9 Å².